The number of sulfonamides is 1. The van der Waals surface area contributed by atoms with Crippen molar-refractivity contribution < 1.29 is 18.1 Å². The van der Waals surface area contributed by atoms with Gasteiger partial charge in [0.25, 0.3) is 5.69 Å². The number of halogens is 1. The van der Waals surface area contributed by atoms with E-state index in [1.165, 1.54) is 35.3 Å². The van der Waals surface area contributed by atoms with Gasteiger partial charge in [-0.2, -0.15) is 4.31 Å². The first kappa shape index (κ1) is 20.1. The quantitative estimate of drug-likeness (QED) is 0.480. The third kappa shape index (κ3) is 3.84. The van der Waals surface area contributed by atoms with E-state index in [2.05, 4.69) is 15.9 Å². The average Bonchev–Trinajstić information content (AvgIpc) is 3.12. The fraction of sp³-hybridized carbons (Fsp3) is 0.294. The Kier molecular flexibility index (Phi) is 5.80. The van der Waals surface area contributed by atoms with Gasteiger partial charge in [-0.15, -0.1) is 11.8 Å². The van der Waals surface area contributed by atoms with Crippen LogP contribution in [-0.2, 0) is 10.0 Å². The van der Waals surface area contributed by atoms with Crippen LogP contribution in [0.15, 0.2) is 45.8 Å². The Bertz CT molecular complexity index is 997. The van der Waals surface area contributed by atoms with Crippen LogP contribution in [0.1, 0.15) is 16.5 Å². The molecule has 0 aromatic heterocycles. The second-order valence-electron chi connectivity index (χ2n) is 5.93. The first-order valence-electron chi connectivity index (χ1n) is 7.97. The van der Waals surface area contributed by atoms with E-state index in [0.29, 0.717) is 23.6 Å². The number of ether oxygens (including phenoxy) is 1. The summed E-state index contributed by atoms with van der Waals surface area (Å²) in [6, 6.07) is 9.44. The van der Waals surface area contributed by atoms with Crippen molar-refractivity contribution >= 4 is 43.4 Å². The molecule has 0 amide bonds. The van der Waals surface area contributed by atoms with Crippen LogP contribution in [0.3, 0.4) is 0 Å². The first-order chi connectivity index (χ1) is 12.8. The number of thioether (sulfide) groups is 1. The van der Waals surface area contributed by atoms with Crippen LogP contribution in [0.5, 0.6) is 5.75 Å². The maximum Gasteiger partial charge on any atom is 0.273 e. The Balaban J connectivity index is 2.06. The molecule has 1 atom stereocenters. The van der Waals surface area contributed by atoms with Crippen LogP contribution >= 0.6 is 27.7 Å². The van der Waals surface area contributed by atoms with Gasteiger partial charge in [0.1, 0.15) is 5.75 Å². The van der Waals surface area contributed by atoms with Crippen molar-refractivity contribution in [1.82, 2.24) is 4.31 Å². The number of hydrogen-bond donors (Lipinski definition) is 0. The van der Waals surface area contributed by atoms with Gasteiger partial charge in [0, 0.05) is 34.0 Å². The normalized spacial score (nSPS) is 17.8. The summed E-state index contributed by atoms with van der Waals surface area (Å²) in [4.78, 5) is 10.6. The maximum absolute atomic E-state index is 13.2. The average molecular weight is 473 g/mol. The van der Waals surface area contributed by atoms with Crippen LogP contribution in [0.4, 0.5) is 5.69 Å². The molecule has 0 aliphatic carbocycles. The van der Waals surface area contributed by atoms with E-state index in [-0.39, 0.29) is 10.6 Å². The lowest BCUT2D eigenvalue weighted by Gasteiger charge is -2.25. The van der Waals surface area contributed by atoms with Gasteiger partial charge >= 0.3 is 0 Å². The molecule has 0 spiro atoms. The molecule has 1 aliphatic heterocycles. The molecule has 144 valence electrons. The monoisotopic (exact) mass is 472 g/mol. The van der Waals surface area contributed by atoms with Gasteiger partial charge in [-0.25, -0.2) is 8.42 Å². The smallest absolute Gasteiger partial charge is 0.273 e. The highest BCUT2D eigenvalue weighted by Crippen LogP contribution is 2.45. The van der Waals surface area contributed by atoms with Crippen LogP contribution in [0.25, 0.3) is 0 Å². The van der Waals surface area contributed by atoms with Crippen molar-refractivity contribution in [3.8, 4) is 5.75 Å². The summed E-state index contributed by atoms with van der Waals surface area (Å²) < 4.78 is 34.0. The number of rotatable bonds is 5. The number of nitro benzene ring substituents is 1. The summed E-state index contributed by atoms with van der Waals surface area (Å²) in [6.45, 7) is 1.89. The second-order valence-corrected chi connectivity index (χ2v) is 9.92. The van der Waals surface area contributed by atoms with Crippen molar-refractivity contribution in [2.45, 2.75) is 17.2 Å². The highest BCUT2D eigenvalue weighted by molar-refractivity contribution is 9.10. The predicted molar refractivity (Wildman–Crippen MR) is 108 cm³/mol. The molecule has 7 nitrogen and oxygen atoms in total. The standard InChI is InChI=1S/C17H17BrN2O5S2/c1-11-3-5-13(10-15(11)20(21)22)27(23,24)19-7-8-26-17(19)14-9-12(18)4-6-16(14)25-2/h3-6,9-10,17H,7-8H2,1-2H3. The van der Waals surface area contributed by atoms with Gasteiger partial charge in [0.15, 0.2) is 0 Å². The lowest BCUT2D eigenvalue weighted by atomic mass is 10.2. The predicted octanol–water partition coefficient (Wildman–Crippen LogP) is 4.11. The van der Waals surface area contributed by atoms with E-state index < -0.39 is 20.3 Å². The molecular weight excluding hydrogens is 456 g/mol. The lowest BCUT2D eigenvalue weighted by Crippen LogP contribution is -2.30. The molecule has 0 saturated carbocycles. The Labute approximate surface area is 170 Å². The SMILES string of the molecule is COc1ccc(Br)cc1C1SCCN1S(=O)(=O)c1ccc(C)c([N+](=O)[O-])c1. The van der Waals surface area contributed by atoms with Gasteiger partial charge in [-0.05, 0) is 31.2 Å². The summed E-state index contributed by atoms with van der Waals surface area (Å²) >= 11 is 4.90. The van der Waals surface area contributed by atoms with E-state index in [4.69, 9.17) is 4.74 Å². The van der Waals surface area contributed by atoms with Crippen molar-refractivity contribution in [3.63, 3.8) is 0 Å². The zero-order chi connectivity index (χ0) is 19.8. The number of nitrogens with zero attached hydrogens (tertiary/aromatic N) is 2. The molecule has 0 radical (unpaired) electrons. The molecule has 10 heteroatoms. The minimum Gasteiger partial charge on any atom is -0.496 e. The Morgan fingerprint density at radius 1 is 1.30 bits per heavy atom. The van der Waals surface area contributed by atoms with Gasteiger partial charge in [0.2, 0.25) is 10.0 Å². The van der Waals surface area contributed by atoms with Crippen LogP contribution in [0.2, 0.25) is 0 Å². The van der Waals surface area contributed by atoms with E-state index >= 15 is 0 Å². The minimum atomic E-state index is -3.91. The van der Waals surface area contributed by atoms with Gasteiger partial charge in [0.05, 0.1) is 22.3 Å². The molecule has 3 rings (SSSR count). The van der Waals surface area contributed by atoms with E-state index in [1.807, 2.05) is 12.1 Å². The summed E-state index contributed by atoms with van der Waals surface area (Å²) in [6.07, 6.45) is 0. The van der Waals surface area contributed by atoms with Gasteiger partial charge in [-0.3, -0.25) is 10.1 Å². The van der Waals surface area contributed by atoms with Crippen molar-refractivity contribution in [2.75, 3.05) is 19.4 Å². The Morgan fingerprint density at radius 3 is 2.70 bits per heavy atom. The number of methoxy groups -OCH3 is 1. The molecular formula is C17H17BrN2O5S2. The maximum atomic E-state index is 13.2. The van der Waals surface area contributed by atoms with Crippen molar-refractivity contribution in [1.29, 1.82) is 0 Å². The highest BCUT2D eigenvalue weighted by Gasteiger charge is 2.39. The number of nitro groups is 1. The van der Waals surface area contributed by atoms with Gasteiger partial charge in [-0.1, -0.05) is 22.0 Å². The molecule has 2 aromatic rings. The van der Waals surface area contributed by atoms with Gasteiger partial charge < -0.3 is 4.74 Å². The molecule has 2 aromatic carbocycles. The molecule has 1 unspecified atom stereocenters. The summed E-state index contributed by atoms with van der Waals surface area (Å²) in [5.74, 6) is 1.21. The number of hydrogen-bond acceptors (Lipinski definition) is 6. The zero-order valence-corrected chi connectivity index (χ0v) is 17.8. The molecule has 1 fully saturated rings. The molecule has 27 heavy (non-hydrogen) atoms. The topological polar surface area (TPSA) is 89.8 Å². The molecule has 1 aliphatic rings. The van der Waals surface area contributed by atoms with E-state index in [1.54, 1.807) is 13.0 Å². The summed E-state index contributed by atoms with van der Waals surface area (Å²) in [7, 11) is -2.37. The minimum absolute atomic E-state index is 0.0822. The Morgan fingerprint density at radius 2 is 2.04 bits per heavy atom. The van der Waals surface area contributed by atoms with Crippen LogP contribution in [0, 0.1) is 17.0 Å². The van der Waals surface area contributed by atoms with Crippen molar-refractivity contribution in [2.24, 2.45) is 0 Å². The third-order valence-corrected chi connectivity index (χ3v) is 8.02. The summed E-state index contributed by atoms with van der Waals surface area (Å²) in [5, 5.41) is 10.7. The fourth-order valence-corrected chi connectivity index (χ4v) is 6.57. The van der Waals surface area contributed by atoms with E-state index in [0.717, 1.165) is 16.1 Å². The number of benzene rings is 2. The largest absolute Gasteiger partial charge is 0.496 e. The highest BCUT2D eigenvalue weighted by atomic mass is 79.9. The van der Waals surface area contributed by atoms with Crippen LogP contribution < -0.4 is 4.74 Å². The molecule has 1 heterocycles. The first-order valence-corrected chi connectivity index (χ1v) is 11.3. The number of aryl methyl sites for hydroxylation is 1. The summed E-state index contributed by atoms with van der Waals surface area (Å²) in [5.41, 5.74) is 0.944. The zero-order valence-electron chi connectivity index (χ0n) is 14.6. The van der Waals surface area contributed by atoms with Crippen LogP contribution in [-0.4, -0.2) is 37.1 Å². The Hall–Kier alpha value is -1.62. The third-order valence-electron chi connectivity index (χ3n) is 4.29. The van der Waals surface area contributed by atoms with E-state index in [9.17, 15) is 18.5 Å². The molecule has 1 saturated heterocycles. The molecule has 0 N–H and O–H groups in total. The lowest BCUT2D eigenvalue weighted by molar-refractivity contribution is -0.385. The molecule has 0 bridgehead atoms. The second kappa shape index (κ2) is 7.78. The fourth-order valence-electron chi connectivity index (χ4n) is 2.93. The van der Waals surface area contributed by atoms with Crippen molar-refractivity contribution in [3.05, 3.63) is 62.1 Å².